The zero-order valence-corrected chi connectivity index (χ0v) is 18.9. The Bertz CT molecular complexity index is 809. The van der Waals surface area contributed by atoms with Crippen LogP contribution in [0.25, 0.3) is 0 Å². The maximum absolute atomic E-state index is 13.5. The monoisotopic (exact) mass is 427 g/mol. The van der Waals surface area contributed by atoms with Crippen LogP contribution in [0.3, 0.4) is 0 Å². The van der Waals surface area contributed by atoms with Crippen molar-refractivity contribution in [2.24, 2.45) is 11.3 Å². The predicted molar refractivity (Wildman–Crippen MR) is 119 cm³/mol. The number of hydrogen-bond acceptors (Lipinski definition) is 6. The van der Waals surface area contributed by atoms with Crippen molar-refractivity contribution in [1.82, 2.24) is 25.5 Å². The third kappa shape index (κ3) is 4.24. The molecular formula is C24H37N5O2. The van der Waals surface area contributed by atoms with E-state index in [1.54, 1.807) is 0 Å². The molecule has 3 fully saturated rings. The fourth-order valence-electron chi connectivity index (χ4n) is 6.43. The highest BCUT2D eigenvalue weighted by Crippen LogP contribution is 2.46. The van der Waals surface area contributed by atoms with Crippen LogP contribution in [-0.2, 0) is 28.8 Å². The number of rotatable bonds is 5. The van der Waals surface area contributed by atoms with Crippen LogP contribution in [0.4, 0.5) is 0 Å². The molecule has 2 aliphatic carbocycles. The minimum Gasteiger partial charge on any atom is -0.379 e. The van der Waals surface area contributed by atoms with E-state index >= 15 is 0 Å². The Morgan fingerprint density at radius 3 is 3.00 bits per heavy atom. The van der Waals surface area contributed by atoms with Crippen molar-refractivity contribution >= 4 is 5.91 Å². The Morgan fingerprint density at radius 2 is 2.13 bits per heavy atom. The topological polar surface area (TPSA) is 79.4 Å². The van der Waals surface area contributed by atoms with Gasteiger partial charge in [0, 0.05) is 50.0 Å². The Morgan fingerprint density at radius 1 is 1.26 bits per heavy atom. The number of morpholine rings is 1. The summed E-state index contributed by atoms with van der Waals surface area (Å²) in [6, 6.07) is 0.607. The van der Waals surface area contributed by atoms with Crippen LogP contribution < -0.4 is 10.6 Å². The van der Waals surface area contributed by atoms with E-state index < -0.39 is 0 Å². The summed E-state index contributed by atoms with van der Waals surface area (Å²) >= 11 is 0. The fraction of sp³-hybridized carbons (Fsp3) is 0.792. The smallest absolute Gasteiger partial charge is 0.227 e. The number of ether oxygens (including phenoxy) is 1. The molecule has 7 nitrogen and oxygen atoms in total. The van der Waals surface area contributed by atoms with Gasteiger partial charge in [-0.3, -0.25) is 9.69 Å². The minimum atomic E-state index is -0.254. The predicted octanol–water partition coefficient (Wildman–Crippen LogP) is 1.41. The van der Waals surface area contributed by atoms with Gasteiger partial charge in [0.15, 0.2) is 0 Å². The molecular weight excluding hydrogens is 390 g/mol. The maximum Gasteiger partial charge on any atom is 0.227 e. The van der Waals surface area contributed by atoms with Crippen LogP contribution >= 0.6 is 0 Å². The summed E-state index contributed by atoms with van der Waals surface area (Å²) in [6.07, 6.45) is 8.41. The van der Waals surface area contributed by atoms with Crippen LogP contribution in [0.5, 0.6) is 0 Å². The van der Waals surface area contributed by atoms with Crippen LogP contribution in [0, 0.1) is 18.3 Å². The lowest BCUT2D eigenvalue weighted by atomic mass is 9.61. The number of hydrogen-bond donors (Lipinski definition) is 2. The van der Waals surface area contributed by atoms with E-state index in [9.17, 15) is 4.79 Å². The number of fused-ring (bicyclic) bond motifs is 2. The second kappa shape index (κ2) is 9.12. The molecule has 2 N–H and O–H groups in total. The lowest BCUT2D eigenvalue weighted by Crippen LogP contribution is -2.60. The first kappa shape index (κ1) is 21.3. The molecule has 0 spiro atoms. The first-order chi connectivity index (χ1) is 15.2. The average molecular weight is 428 g/mol. The third-order valence-electron chi connectivity index (χ3n) is 8.21. The SMILES string of the molecule is Cc1nc(CCNC(=O)[C@@]23CC[C@H](N4CCOCC4)C[C@H]2CCNC3)nc2c1CCC2. The van der Waals surface area contributed by atoms with E-state index in [2.05, 4.69) is 22.5 Å². The Labute approximate surface area is 185 Å². The fourth-order valence-corrected chi connectivity index (χ4v) is 6.43. The van der Waals surface area contributed by atoms with Gasteiger partial charge in [-0.1, -0.05) is 0 Å². The molecule has 2 aliphatic heterocycles. The van der Waals surface area contributed by atoms with Crippen LogP contribution in [0.15, 0.2) is 0 Å². The lowest BCUT2D eigenvalue weighted by Gasteiger charge is -2.50. The maximum atomic E-state index is 13.5. The molecule has 3 heterocycles. The number of amides is 1. The second-order valence-electron chi connectivity index (χ2n) is 9.91. The Balaban J connectivity index is 1.20. The number of aromatic nitrogens is 2. The molecule has 0 bridgehead atoms. The molecule has 0 radical (unpaired) electrons. The summed E-state index contributed by atoms with van der Waals surface area (Å²) in [5, 5.41) is 6.80. The van der Waals surface area contributed by atoms with Crippen molar-refractivity contribution in [1.29, 1.82) is 0 Å². The van der Waals surface area contributed by atoms with E-state index in [1.807, 2.05) is 0 Å². The third-order valence-corrected chi connectivity index (χ3v) is 8.21. The molecule has 7 heteroatoms. The van der Waals surface area contributed by atoms with E-state index in [-0.39, 0.29) is 11.3 Å². The summed E-state index contributed by atoms with van der Waals surface area (Å²) in [5.74, 6) is 1.59. The number of carbonyl (C=O) groups excluding carboxylic acids is 1. The highest BCUT2D eigenvalue weighted by Gasteiger charge is 2.50. The summed E-state index contributed by atoms with van der Waals surface area (Å²) < 4.78 is 5.54. The molecule has 0 aromatic carbocycles. The van der Waals surface area contributed by atoms with Gasteiger partial charge in [0.2, 0.25) is 5.91 Å². The lowest BCUT2D eigenvalue weighted by molar-refractivity contribution is -0.140. The number of nitrogens with zero attached hydrogens (tertiary/aromatic N) is 3. The molecule has 1 amide bonds. The number of nitrogens with one attached hydrogen (secondary N) is 2. The van der Waals surface area contributed by atoms with Crippen LogP contribution in [0.2, 0.25) is 0 Å². The molecule has 1 aromatic rings. The first-order valence-electron chi connectivity index (χ1n) is 12.3. The average Bonchev–Trinajstić information content (AvgIpc) is 3.28. The summed E-state index contributed by atoms with van der Waals surface area (Å²) in [5.41, 5.74) is 3.45. The normalized spacial score (nSPS) is 31.1. The van der Waals surface area contributed by atoms with Gasteiger partial charge in [-0.2, -0.15) is 0 Å². The Kier molecular flexibility index (Phi) is 6.26. The van der Waals surface area contributed by atoms with Crippen LogP contribution in [-0.4, -0.2) is 72.8 Å². The van der Waals surface area contributed by atoms with Crippen molar-refractivity contribution in [3.8, 4) is 0 Å². The van der Waals surface area contributed by atoms with Crippen molar-refractivity contribution in [2.75, 3.05) is 45.9 Å². The zero-order valence-electron chi connectivity index (χ0n) is 18.9. The van der Waals surface area contributed by atoms with Gasteiger partial charge < -0.3 is 15.4 Å². The summed E-state index contributed by atoms with van der Waals surface area (Å²) in [6.45, 7) is 8.32. The summed E-state index contributed by atoms with van der Waals surface area (Å²) in [7, 11) is 0. The van der Waals surface area contributed by atoms with E-state index in [1.165, 1.54) is 17.7 Å². The highest BCUT2D eigenvalue weighted by atomic mass is 16.5. The van der Waals surface area contributed by atoms with Crippen molar-refractivity contribution in [3.05, 3.63) is 22.8 Å². The molecule has 4 aliphatic rings. The molecule has 1 saturated carbocycles. The van der Waals surface area contributed by atoms with Gasteiger partial charge in [0.25, 0.3) is 0 Å². The van der Waals surface area contributed by atoms with Gasteiger partial charge in [0.1, 0.15) is 5.82 Å². The zero-order chi connectivity index (χ0) is 21.3. The molecule has 170 valence electrons. The molecule has 3 atom stereocenters. The first-order valence-corrected chi connectivity index (χ1v) is 12.3. The van der Waals surface area contributed by atoms with E-state index in [0.717, 1.165) is 89.4 Å². The second-order valence-corrected chi connectivity index (χ2v) is 9.91. The quantitative estimate of drug-likeness (QED) is 0.740. The number of aryl methyl sites for hydroxylation is 2. The van der Waals surface area contributed by atoms with Gasteiger partial charge >= 0.3 is 0 Å². The Hall–Kier alpha value is -1.57. The summed E-state index contributed by atoms with van der Waals surface area (Å²) in [4.78, 5) is 25.5. The largest absolute Gasteiger partial charge is 0.379 e. The van der Waals surface area contributed by atoms with Gasteiger partial charge in [-0.25, -0.2) is 9.97 Å². The van der Waals surface area contributed by atoms with Crippen molar-refractivity contribution in [2.45, 2.75) is 64.3 Å². The number of carbonyl (C=O) groups is 1. The van der Waals surface area contributed by atoms with Gasteiger partial charge in [-0.05, 0) is 69.9 Å². The molecule has 1 aromatic heterocycles. The van der Waals surface area contributed by atoms with E-state index in [4.69, 9.17) is 14.7 Å². The molecule has 31 heavy (non-hydrogen) atoms. The molecule has 5 rings (SSSR count). The molecule has 0 unspecified atom stereocenters. The van der Waals surface area contributed by atoms with Crippen LogP contribution in [0.1, 0.15) is 54.9 Å². The standard InChI is InChI=1S/C24H37N5O2/c1-17-20-3-2-4-21(20)28-22(27-17)7-10-26-23(30)24-8-5-19(29-11-13-31-14-12-29)15-18(24)6-9-25-16-24/h18-19,25H,2-16H2,1H3,(H,26,30)/t18-,19+,24-/m1/s1. The van der Waals surface area contributed by atoms with Gasteiger partial charge in [-0.15, -0.1) is 0 Å². The minimum absolute atomic E-state index is 0.239. The van der Waals surface area contributed by atoms with Crippen molar-refractivity contribution in [3.63, 3.8) is 0 Å². The van der Waals surface area contributed by atoms with E-state index in [0.29, 0.717) is 24.9 Å². The highest BCUT2D eigenvalue weighted by molar-refractivity contribution is 5.83. The van der Waals surface area contributed by atoms with Crippen molar-refractivity contribution < 1.29 is 9.53 Å². The number of piperidine rings is 1. The van der Waals surface area contributed by atoms with Gasteiger partial charge in [0.05, 0.1) is 18.6 Å². The molecule has 2 saturated heterocycles.